The number of carbonyl (C=O) groups is 1. The Labute approximate surface area is 150 Å². The molecule has 2 aromatic rings. The lowest BCUT2D eigenvalue weighted by Gasteiger charge is -2.19. The van der Waals surface area contributed by atoms with Gasteiger partial charge in [-0.25, -0.2) is 4.98 Å². The predicted molar refractivity (Wildman–Crippen MR) is 105 cm³/mol. The van der Waals surface area contributed by atoms with E-state index in [0.717, 1.165) is 16.8 Å². The summed E-state index contributed by atoms with van der Waals surface area (Å²) in [7, 11) is 3.46. The van der Waals surface area contributed by atoms with Gasteiger partial charge in [0, 0.05) is 38.6 Å². The number of nitrogens with one attached hydrogen (secondary N) is 2. The van der Waals surface area contributed by atoms with E-state index in [2.05, 4.69) is 20.8 Å². The van der Waals surface area contributed by atoms with Crippen LogP contribution in [0, 0.1) is 6.92 Å². The van der Waals surface area contributed by atoms with Crippen LogP contribution in [-0.2, 0) is 6.54 Å². The van der Waals surface area contributed by atoms with Gasteiger partial charge in [-0.1, -0.05) is 37.8 Å². The average molecular weight is 341 g/mol. The van der Waals surface area contributed by atoms with Crippen molar-refractivity contribution in [2.24, 2.45) is 5.10 Å². The Bertz CT molecular complexity index is 726. The number of anilines is 2. The van der Waals surface area contributed by atoms with Crippen molar-refractivity contribution in [3.8, 4) is 0 Å². The van der Waals surface area contributed by atoms with Crippen molar-refractivity contribution in [2.75, 3.05) is 24.8 Å². The molecule has 0 unspecified atom stereocenters. The highest BCUT2D eigenvalue weighted by Crippen LogP contribution is 2.27. The van der Waals surface area contributed by atoms with Crippen LogP contribution in [0.1, 0.15) is 35.8 Å². The van der Waals surface area contributed by atoms with Crippen molar-refractivity contribution in [1.29, 1.82) is 0 Å². The van der Waals surface area contributed by atoms with Crippen molar-refractivity contribution < 1.29 is 4.79 Å². The molecule has 1 amide bonds. The molecule has 2 rings (SSSR count). The van der Waals surface area contributed by atoms with Crippen molar-refractivity contribution >= 4 is 23.6 Å². The summed E-state index contributed by atoms with van der Waals surface area (Å²) >= 11 is 0. The maximum atomic E-state index is 12.5. The highest BCUT2D eigenvalue weighted by molar-refractivity contribution is 6.00. The third-order valence-electron chi connectivity index (χ3n) is 3.57. The Balaban J connectivity index is 0.00000312. The van der Waals surface area contributed by atoms with Crippen LogP contribution in [0.25, 0.3) is 0 Å². The molecule has 0 spiro atoms. The summed E-state index contributed by atoms with van der Waals surface area (Å²) in [5.74, 6) is 0.533. The van der Waals surface area contributed by atoms with Gasteiger partial charge in [0.2, 0.25) is 0 Å². The van der Waals surface area contributed by atoms with Crippen molar-refractivity contribution in [3.63, 3.8) is 0 Å². The molecule has 25 heavy (non-hydrogen) atoms. The molecule has 1 heterocycles. The van der Waals surface area contributed by atoms with Crippen LogP contribution >= 0.6 is 0 Å². The minimum atomic E-state index is -0.0910. The fourth-order valence-corrected chi connectivity index (χ4v) is 2.27. The summed E-state index contributed by atoms with van der Waals surface area (Å²) < 4.78 is 0. The third-order valence-corrected chi connectivity index (χ3v) is 3.57. The minimum Gasteiger partial charge on any atom is -0.380 e. The summed E-state index contributed by atoms with van der Waals surface area (Å²) in [5, 5.41) is 7.38. The number of nitrogens with zero attached hydrogens (tertiary/aromatic N) is 3. The highest BCUT2D eigenvalue weighted by atomic mass is 16.2. The molecule has 0 atom stereocenters. The number of hydrazone groups is 1. The van der Waals surface area contributed by atoms with Gasteiger partial charge in [0.25, 0.3) is 5.91 Å². The molecule has 0 bridgehead atoms. The molecule has 0 aliphatic carbocycles. The summed E-state index contributed by atoms with van der Waals surface area (Å²) in [5.41, 5.74) is 6.18. The maximum absolute atomic E-state index is 12.5. The summed E-state index contributed by atoms with van der Waals surface area (Å²) in [6.45, 7) is 4.36. The number of pyridine rings is 1. The largest absolute Gasteiger partial charge is 0.380 e. The first-order chi connectivity index (χ1) is 11.5. The molecule has 6 heteroatoms. The minimum absolute atomic E-state index is 0. The van der Waals surface area contributed by atoms with Crippen LogP contribution in [-0.4, -0.2) is 36.1 Å². The average Bonchev–Trinajstić information content (AvgIpc) is 2.59. The zero-order chi connectivity index (χ0) is 17.5. The number of hydrogen-bond donors (Lipinski definition) is 2. The van der Waals surface area contributed by atoms with Gasteiger partial charge in [-0.05, 0) is 19.4 Å². The molecular formula is C19H27N5O. The number of hydrogen-bond acceptors (Lipinski definition) is 5. The fourth-order valence-electron chi connectivity index (χ4n) is 2.27. The molecular weight excluding hydrogens is 314 g/mol. The number of carbonyl (C=O) groups excluding carboxylic acids is 1. The highest BCUT2D eigenvalue weighted by Gasteiger charge is 2.18. The molecule has 0 saturated carbocycles. The summed E-state index contributed by atoms with van der Waals surface area (Å²) in [4.78, 5) is 18.3. The van der Waals surface area contributed by atoms with E-state index in [1.54, 1.807) is 31.4 Å². The fraction of sp³-hybridized carbons (Fsp3) is 0.316. The van der Waals surface area contributed by atoms with Gasteiger partial charge in [-0.2, -0.15) is 5.10 Å². The van der Waals surface area contributed by atoms with Gasteiger partial charge in [-0.15, -0.1) is 0 Å². The lowest BCUT2D eigenvalue weighted by Crippen LogP contribution is -2.24. The lowest BCUT2D eigenvalue weighted by atomic mass is 10.1. The van der Waals surface area contributed by atoms with E-state index < -0.39 is 0 Å². The Morgan fingerprint density at radius 2 is 1.96 bits per heavy atom. The van der Waals surface area contributed by atoms with Crippen molar-refractivity contribution in [3.05, 3.63) is 53.2 Å². The molecule has 0 radical (unpaired) electrons. The predicted octanol–water partition coefficient (Wildman–Crippen LogP) is 3.76. The molecule has 134 valence electrons. The topological polar surface area (TPSA) is 69.6 Å². The van der Waals surface area contributed by atoms with Crippen LogP contribution in [0.3, 0.4) is 0 Å². The standard InChI is InChI=1S/C18H23N5O.CH4/c1-5-21-22-17-13(2)16(15(12-20-17)18(24)23(3)4)19-11-14-9-7-6-8-10-14;/h5-10,12H,11H2,1-4H3,(H2,19,20,22);1H4/b21-5-;. The molecule has 0 fully saturated rings. The van der Waals surface area contributed by atoms with Crippen LogP contribution in [0.15, 0.2) is 41.6 Å². The molecule has 1 aromatic carbocycles. The second-order valence-corrected chi connectivity index (χ2v) is 5.56. The molecule has 6 nitrogen and oxygen atoms in total. The van der Waals surface area contributed by atoms with E-state index in [4.69, 9.17) is 0 Å². The molecule has 1 aromatic heterocycles. The quantitative estimate of drug-likeness (QED) is 0.620. The monoisotopic (exact) mass is 341 g/mol. The lowest BCUT2D eigenvalue weighted by molar-refractivity contribution is 0.0828. The van der Waals surface area contributed by atoms with Gasteiger partial charge in [0.15, 0.2) is 5.82 Å². The maximum Gasteiger partial charge on any atom is 0.257 e. The molecule has 0 aliphatic heterocycles. The smallest absolute Gasteiger partial charge is 0.257 e. The van der Waals surface area contributed by atoms with E-state index in [1.165, 1.54) is 0 Å². The van der Waals surface area contributed by atoms with E-state index >= 15 is 0 Å². The Hall–Kier alpha value is -2.89. The zero-order valence-corrected chi connectivity index (χ0v) is 14.5. The van der Waals surface area contributed by atoms with Gasteiger partial charge in [0.1, 0.15) is 0 Å². The number of rotatable bonds is 6. The molecule has 0 saturated heterocycles. The van der Waals surface area contributed by atoms with Crippen molar-refractivity contribution in [2.45, 2.75) is 27.8 Å². The van der Waals surface area contributed by atoms with Crippen LogP contribution < -0.4 is 10.7 Å². The van der Waals surface area contributed by atoms with Gasteiger partial charge in [-0.3, -0.25) is 10.2 Å². The van der Waals surface area contributed by atoms with Gasteiger partial charge >= 0.3 is 0 Å². The van der Waals surface area contributed by atoms with E-state index in [-0.39, 0.29) is 13.3 Å². The van der Waals surface area contributed by atoms with E-state index in [9.17, 15) is 4.79 Å². The second-order valence-electron chi connectivity index (χ2n) is 5.56. The first kappa shape index (κ1) is 20.2. The first-order valence-corrected chi connectivity index (χ1v) is 7.77. The van der Waals surface area contributed by atoms with Crippen LogP contribution in [0.4, 0.5) is 11.5 Å². The van der Waals surface area contributed by atoms with Gasteiger partial charge < -0.3 is 10.2 Å². The van der Waals surface area contributed by atoms with E-state index in [0.29, 0.717) is 17.9 Å². The third kappa shape index (κ3) is 5.04. The Kier molecular flexibility index (Phi) is 7.59. The van der Waals surface area contributed by atoms with Crippen LogP contribution in [0.5, 0.6) is 0 Å². The Morgan fingerprint density at radius 1 is 1.28 bits per heavy atom. The zero-order valence-electron chi connectivity index (χ0n) is 14.5. The Morgan fingerprint density at radius 3 is 2.56 bits per heavy atom. The second kappa shape index (κ2) is 9.42. The summed E-state index contributed by atoms with van der Waals surface area (Å²) in [6.07, 6.45) is 3.23. The number of amides is 1. The SMILES string of the molecule is C.C/C=N\Nc1ncc(C(=O)N(C)C)c(NCc2ccccc2)c1C. The summed E-state index contributed by atoms with van der Waals surface area (Å²) in [6, 6.07) is 10.0. The molecule has 2 N–H and O–H groups in total. The van der Waals surface area contributed by atoms with E-state index in [1.807, 2.05) is 44.2 Å². The van der Waals surface area contributed by atoms with Crippen molar-refractivity contribution in [1.82, 2.24) is 9.88 Å². The first-order valence-electron chi connectivity index (χ1n) is 7.77. The number of aromatic nitrogens is 1. The number of benzene rings is 1. The van der Waals surface area contributed by atoms with Crippen LogP contribution in [0.2, 0.25) is 0 Å². The normalized spacial score (nSPS) is 10.2. The van der Waals surface area contributed by atoms with Gasteiger partial charge in [0.05, 0.1) is 11.3 Å². The molecule has 0 aliphatic rings.